The Bertz CT molecular complexity index is 372. The molecular weight excluding hydrogens is 216 g/mol. The van der Waals surface area contributed by atoms with Gasteiger partial charge in [-0.15, -0.1) is 0 Å². The molecule has 1 aliphatic heterocycles. The first-order valence-electron chi connectivity index (χ1n) is 5.94. The van der Waals surface area contributed by atoms with Gasteiger partial charge in [0.15, 0.2) is 6.61 Å². The Hall–Kier alpha value is -1.55. The van der Waals surface area contributed by atoms with Gasteiger partial charge in [0.05, 0.1) is 0 Å². The number of ether oxygens (including phenoxy) is 1. The maximum atomic E-state index is 11.6. The van der Waals surface area contributed by atoms with Crippen LogP contribution in [-0.2, 0) is 11.3 Å². The van der Waals surface area contributed by atoms with Crippen molar-refractivity contribution in [3.05, 3.63) is 29.8 Å². The molecule has 4 nitrogen and oxygen atoms in total. The summed E-state index contributed by atoms with van der Waals surface area (Å²) in [6.07, 6.45) is 1.12. The van der Waals surface area contributed by atoms with Crippen LogP contribution in [0.2, 0.25) is 0 Å². The Kier molecular flexibility index (Phi) is 3.98. The van der Waals surface area contributed by atoms with Crippen molar-refractivity contribution in [2.75, 3.05) is 26.7 Å². The van der Waals surface area contributed by atoms with E-state index in [2.05, 4.69) is 5.32 Å². The second-order valence-electron chi connectivity index (χ2n) is 4.20. The van der Waals surface area contributed by atoms with Crippen LogP contribution in [-0.4, -0.2) is 37.6 Å². The molecule has 1 aromatic rings. The van der Waals surface area contributed by atoms with Gasteiger partial charge in [-0.25, -0.2) is 0 Å². The summed E-state index contributed by atoms with van der Waals surface area (Å²) in [7, 11) is 1.91. The summed E-state index contributed by atoms with van der Waals surface area (Å²) in [5.41, 5.74) is 1.20. The van der Waals surface area contributed by atoms with E-state index in [0.29, 0.717) is 0 Å². The summed E-state index contributed by atoms with van der Waals surface area (Å²) >= 11 is 0. The van der Waals surface area contributed by atoms with Crippen molar-refractivity contribution in [2.24, 2.45) is 0 Å². The molecule has 1 amide bonds. The van der Waals surface area contributed by atoms with E-state index >= 15 is 0 Å². The zero-order valence-corrected chi connectivity index (χ0v) is 10.1. The molecule has 2 rings (SSSR count). The number of likely N-dealkylation sites (tertiary alicyclic amines) is 1. The van der Waals surface area contributed by atoms with Crippen molar-refractivity contribution in [3.63, 3.8) is 0 Å². The number of carbonyl (C=O) groups is 1. The van der Waals surface area contributed by atoms with Crippen LogP contribution >= 0.6 is 0 Å². The van der Waals surface area contributed by atoms with E-state index in [-0.39, 0.29) is 12.5 Å². The molecule has 4 heteroatoms. The van der Waals surface area contributed by atoms with Crippen LogP contribution < -0.4 is 10.1 Å². The lowest BCUT2D eigenvalue weighted by Crippen LogP contribution is -2.44. The van der Waals surface area contributed by atoms with Gasteiger partial charge < -0.3 is 15.0 Å². The van der Waals surface area contributed by atoms with E-state index < -0.39 is 0 Å². The molecule has 0 aliphatic carbocycles. The molecule has 1 N–H and O–H groups in total. The highest BCUT2D eigenvalue weighted by molar-refractivity contribution is 5.78. The highest BCUT2D eigenvalue weighted by Gasteiger charge is 2.20. The summed E-state index contributed by atoms with van der Waals surface area (Å²) in [6, 6.07) is 7.80. The third kappa shape index (κ3) is 3.20. The molecule has 0 saturated carbocycles. The summed E-state index contributed by atoms with van der Waals surface area (Å²) in [5, 5.41) is 3.08. The molecule has 0 aromatic heterocycles. The van der Waals surface area contributed by atoms with E-state index in [0.717, 1.165) is 31.8 Å². The lowest BCUT2D eigenvalue weighted by molar-refractivity contribution is -0.136. The van der Waals surface area contributed by atoms with Crippen LogP contribution in [0.3, 0.4) is 0 Å². The quantitative estimate of drug-likeness (QED) is 0.827. The second kappa shape index (κ2) is 5.68. The van der Waals surface area contributed by atoms with Crippen molar-refractivity contribution in [3.8, 4) is 5.75 Å². The summed E-state index contributed by atoms with van der Waals surface area (Å²) in [4.78, 5) is 13.4. The van der Waals surface area contributed by atoms with Gasteiger partial charge in [-0.2, -0.15) is 0 Å². The minimum absolute atomic E-state index is 0.0792. The molecule has 92 valence electrons. The fraction of sp³-hybridized carbons (Fsp3) is 0.462. The maximum Gasteiger partial charge on any atom is 0.260 e. The minimum atomic E-state index is 0.0792. The van der Waals surface area contributed by atoms with Gasteiger partial charge in [0.2, 0.25) is 0 Å². The van der Waals surface area contributed by atoms with Crippen LogP contribution in [0.25, 0.3) is 0 Å². The van der Waals surface area contributed by atoms with Gasteiger partial charge in [0, 0.05) is 19.6 Å². The fourth-order valence-electron chi connectivity index (χ4n) is 1.71. The van der Waals surface area contributed by atoms with E-state index in [1.54, 1.807) is 0 Å². The molecule has 1 saturated heterocycles. The van der Waals surface area contributed by atoms with Gasteiger partial charge in [-0.3, -0.25) is 4.79 Å². The molecule has 0 bridgehead atoms. The van der Waals surface area contributed by atoms with Gasteiger partial charge in [0.1, 0.15) is 5.75 Å². The average Bonchev–Trinajstić information content (AvgIpc) is 2.26. The van der Waals surface area contributed by atoms with Gasteiger partial charge in [-0.05, 0) is 31.2 Å². The number of nitrogens with one attached hydrogen (secondary N) is 1. The smallest absolute Gasteiger partial charge is 0.260 e. The number of hydrogen-bond acceptors (Lipinski definition) is 3. The number of hydrogen-bond donors (Lipinski definition) is 1. The normalized spacial score (nSPS) is 14.3. The standard InChI is InChI=1S/C13H18N2O2/c1-14-9-11-3-5-12(6-4-11)17-10-13(16)15-7-2-8-15/h3-6,14H,2,7-10H2,1H3. The van der Waals surface area contributed by atoms with Gasteiger partial charge >= 0.3 is 0 Å². The molecule has 0 radical (unpaired) electrons. The zero-order chi connectivity index (χ0) is 12.1. The third-order valence-corrected chi connectivity index (χ3v) is 2.88. The van der Waals surface area contributed by atoms with Gasteiger partial charge in [-0.1, -0.05) is 12.1 Å². The lowest BCUT2D eigenvalue weighted by atomic mass is 10.2. The molecule has 17 heavy (non-hydrogen) atoms. The van der Waals surface area contributed by atoms with Crippen LogP contribution in [0.5, 0.6) is 5.75 Å². The minimum Gasteiger partial charge on any atom is -0.484 e. The van der Waals surface area contributed by atoms with Crippen LogP contribution in [0, 0.1) is 0 Å². The number of nitrogens with zero attached hydrogens (tertiary/aromatic N) is 1. The molecule has 1 fully saturated rings. The maximum absolute atomic E-state index is 11.6. The molecule has 0 unspecified atom stereocenters. The zero-order valence-electron chi connectivity index (χ0n) is 10.1. The van der Waals surface area contributed by atoms with Crippen LogP contribution in [0.1, 0.15) is 12.0 Å². The van der Waals surface area contributed by atoms with Crippen LogP contribution in [0.15, 0.2) is 24.3 Å². The van der Waals surface area contributed by atoms with E-state index in [4.69, 9.17) is 4.74 Å². The summed E-state index contributed by atoms with van der Waals surface area (Å²) in [5.74, 6) is 0.828. The molecule has 0 atom stereocenters. The SMILES string of the molecule is CNCc1ccc(OCC(=O)N2CCC2)cc1. The Morgan fingerprint density at radius 1 is 1.35 bits per heavy atom. The molecule has 1 aliphatic rings. The van der Waals surface area contributed by atoms with Crippen LogP contribution in [0.4, 0.5) is 0 Å². The average molecular weight is 234 g/mol. The van der Waals surface area contributed by atoms with Crippen molar-refractivity contribution < 1.29 is 9.53 Å². The number of carbonyl (C=O) groups excluding carboxylic acids is 1. The molecule has 1 heterocycles. The number of amides is 1. The third-order valence-electron chi connectivity index (χ3n) is 2.88. The first-order chi connectivity index (χ1) is 8.29. The Morgan fingerprint density at radius 3 is 2.59 bits per heavy atom. The fourth-order valence-corrected chi connectivity index (χ4v) is 1.71. The first-order valence-corrected chi connectivity index (χ1v) is 5.94. The Morgan fingerprint density at radius 2 is 2.06 bits per heavy atom. The summed E-state index contributed by atoms with van der Waals surface area (Å²) in [6.45, 7) is 2.74. The Balaban J connectivity index is 1.80. The first kappa shape index (κ1) is 11.9. The van der Waals surface area contributed by atoms with Crippen molar-refractivity contribution in [2.45, 2.75) is 13.0 Å². The van der Waals surface area contributed by atoms with E-state index in [1.165, 1.54) is 5.56 Å². The second-order valence-corrected chi connectivity index (χ2v) is 4.20. The van der Waals surface area contributed by atoms with Crippen molar-refractivity contribution in [1.82, 2.24) is 10.2 Å². The number of rotatable bonds is 5. The van der Waals surface area contributed by atoms with E-state index in [9.17, 15) is 4.79 Å². The predicted molar refractivity (Wildman–Crippen MR) is 65.9 cm³/mol. The largest absolute Gasteiger partial charge is 0.484 e. The molecule has 0 spiro atoms. The summed E-state index contributed by atoms with van der Waals surface area (Å²) < 4.78 is 5.45. The van der Waals surface area contributed by atoms with E-state index in [1.807, 2.05) is 36.2 Å². The molecule has 1 aromatic carbocycles. The topological polar surface area (TPSA) is 41.6 Å². The highest BCUT2D eigenvalue weighted by Crippen LogP contribution is 2.13. The van der Waals surface area contributed by atoms with Gasteiger partial charge in [0.25, 0.3) is 5.91 Å². The number of benzene rings is 1. The predicted octanol–water partition coefficient (Wildman–Crippen LogP) is 1.02. The Labute approximate surface area is 102 Å². The van der Waals surface area contributed by atoms with Crippen molar-refractivity contribution >= 4 is 5.91 Å². The highest BCUT2D eigenvalue weighted by atomic mass is 16.5. The monoisotopic (exact) mass is 234 g/mol. The van der Waals surface area contributed by atoms with Crippen molar-refractivity contribution in [1.29, 1.82) is 0 Å². The molecular formula is C13H18N2O2. The lowest BCUT2D eigenvalue weighted by Gasteiger charge is -2.30.